The zero-order chi connectivity index (χ0) is 13.8. The highest BCUT2D eigenvalue weighted by atomic mass is 31.2. The van der Waals surface area contributed by atoms with Gasteiger partial charge in [-0.3, -0.25) is 9.13 Å². The molecule has 0 radical (unpaired) electrons. The average Bonchev–Trinajstić information content (AvgIpc) is 2.25. The summed E-state index contributed by atoms with van der Waals surface area (Å²) in [6, 6.07) is 1.35. The van der Waals surface area contributed by atoms with Crippen LogP contribution in [0.25, 0.3) is 0 Å². The molecule has 0 aliphatic carbocycles. The van der Waals surface area contributed by atoms with Crippen molar-refractivity contribution in [1.29, 1.82) is 0 Å². The molecule has 1 rings (SSSR count). The van der Waals surface area contributed by atoms with Gasteiger partial charge in [0.2, 0.25) is 0 Å². The highest BCUT2D eigenvalue weighted by molar-refractivity contribution is 7.51. The van der Waals surface area contributed by atoms with Crippen molar-refractivity contribution in [2.24, 2.45) is 0 Å². The van der Waals surface area contributed by atoms with E-state index in [-0.39, 0.29) is 12.4 Å². The molecule has 1 atom stereocenters. The second-order valence-corrected chi connectivity index (χ2v) is 5.11. The summed E-state index contributed by atoms with van der Waals surface area (Å²) in [4.78, 5) is 31.9. The van der Waals surface area contributed by atoms with Crippen LogP contribution in [0.5, 0.6) is 0 Å². The summed E-state index contributed by atoms with van der Waals surface area (Å²) in [5.41, 5.74) is 4.59. The topological polar surface area (TPSA) is 128 Å². The van der Waals surface area contributed by atoms with Crippen LogP contribution < -0.4 is 11.4 Å². The summed E-state index contributed by atoms with van der Waals surface area (Å²) >= 11 is 0. The zero-order valence-electron chi connectivity index (χ0n) is 9.27. The normalized spacial score (nSPS) is 13.5. The van der Waals surface area contributed by atoms with Crippen LogP contribution in [0.4, 0.5) is 10.2 Å². The van der Waals surface area contributed by atoms with E-state index in [1.54, 1.807) is 0 Å². The molecule has 8 nitrogen and oxygen atoms in total. The molecule has 0 fully saturated rings. The van der Waals surface area contributed by atoms with E-state index in [1.807, 2.05) is 0 Å². The maximum atomic E-state index is 12.6. The fraction of sp³-hybridized carbons (Fsp3) is 0.500. The molecule has 1 aromatic heterocycles. The summed E-state index contributed by atoms with van der Waals surface area (Å²) < 4.78 is 28.9. The van der Waals surface area contributed by atoms with Crippen molar-refractivity contribution in [2.75, 3.05) is 18.8 Å². The van der Waals surface area contributed by atoms with E-state index in [0.717, 1.165) is 4.57 Å². The largest absolute Gasteiger partial charge is 0.383 e. The second-order valence-electron chi connectivity index (χ2n) is 3.52. The minimum absolute atomic E-state index is 0.0317. The van der Waals surface area contributed by atoms with Crippen LogP contribution in [-0.2, 0) is 15.8 Å². The molecule has 0 unspecified atom stereocenters. The highest BCUT2D eigenvalue weighted by Crippen LogP contribution is 2.34. The summed E-state index contributed by atoms with van der Waals surface area (Å²) in [5, 5.41) is 0. The Labute approximate surface area is 101 Å². The SMILES string of the molecule is Nc1ccn(C[C@H](CF)OCP(=O)(O)O)c(=O)n1. The van der Waals surface area contributed by atoms with E-state index in [1.165, 1.54) is 12.3 Å². The molecule has 0 aromatic carbocycles. The number of hydrogen-bond donors (Lipinski definition) is 3. The summed E-state index contributed by atoms with van der Waals surface area (Å²) in [5.74, 6) is 0.0317. The number of halogens is 1. The lowest BCUT2D eigenvalue weighted by molar-refractivity contribution is 0.0430. The lowest BCUT2D eigenvalue weighted by Crippen LogP contribution is -2.31. The fourth-order valence-corrected chi connectivity index (χ4v) is 1.55. The molecular weight excluding hydrogens is 268 g/mol. The van der Waals surface area contributed by atoms with Gasteiger partial charge in [-0.25, -0.2) is 9.18 Å². The molecule has 0 saturated carbocycles. The van der Waals surface area contributed by atoms with Gasteiger partial charge in [-0.2, -0.15) is 4.98 Å². The highest BCUT2D eigenvalue weighted by Gasteiger charge is 2.18. The number of ether oxygens (including phenoxy) is 1. The summed E-state index contributed by atoms with van der Waals surface area (Å²) in [6.07, 6.45) is -0.742. The van der Waals surface area contributed by atoms with Crippen molar-refractivity contribution >= 4 is 13.4 Å². The number of anilines is 1. The van der Waals surface area contributed by atoms with Gasteiger partial charge in [0, 0.05) is 6.20 Å². The van der Waals surface area contributed by atoms with Gasteiger partial charge in [-0.15, -0.1) is 0 Å². The van der Waals surface area contributed by atoms with Crippen LogP contribution in [0.3, 0.4) is 0 Å². The number of nitrogens with zero attached hydrogens (tertiary/aromatic N) is 2. The Morgan fingerprint density at radius 1 is 1.61 bits per heavy atom. The first kappa shape index (κ1) is 14.8. The number of alkyl halides is 1. The molecule has 0 amide bonds. The minimum atomic E-state index is -4.37. The fourth-order valence-electron chi connectivity index (χ4n) is 1.15. The molecule has 0 aliphatic rings. The van der Waals surface area contributed by atoms with Crippen molar-refractivity contribution in [2.45, 2.75) is 12.6 Å². The quantitative estimate of drug-likeness (QED) is 0.589. The monoisotopic (exact) mass is 281 g/mol. The van der Waals surface area contributed by atoms with Crippen molar-refractivity contribution in [3.05, 3.63) is 22.7 Å². The predicted octanol–water partition coefficient (Wildman–Crippen LogP) is -0.685. The third-order valence-corrected chi connectivity index (χ3v) is 2.43. The molecule has 18 heavy (non-hydrogen) atoms. The zero-order valence-corrected chi connectivity index (χ0v) is 10.2. The maximum absolute atomic E-state index is 12.6. The number of hydrogen-bond acceptors (Lipinski definition) is 5. The summed E-state index contributed by atoms with van der Waals surface area (Å²) in [7, 11) is -4.37. The van der Waals surface area contributed by atoms with Crippen LogP contribution in [0.15, 0.2) is 17.1 Å². The average molecular weight is 281 g/mol. The van der Waals surface area contributed by atoms with Crippen molar-refractivity contribution in [3.63, 3.8) is 0 Å². The van der Waals surface area contributed by atoms with Gasteiger partial charge in [-0.05, 0) is 6.07 Å². The molecule has 0 saturated heterocycles. The summed E-state index contributed by atoms with van der Waals surface area (Å²) in [6.45, 7) is -1.20. The molecule has 1 aromatic rings. The number of rotatable bonds is 6. The third-order valence-electron chi connectivity index (χ3n) is 1.95. The lowest BCUT2D eigenvalue weighted by Gasteiger charge is -2.16. The molecule has 0 bridgehead atoms. The van der Waals surface area contributed by atoms with E-state index in [4.69, 9.17) is 15.5 Å². The van der Waals surface area contributed by atoms with Crippen LogP contribution >= 0.6 is 7.60 Å². The predicted molar refractivity (Wildman–Crippen MR) is 60.7 cm³/mol. The lowest BCUT2D eigenvalue weighted by atomic mass is 10.4. The molecule has 102 valence electrons. The third kappa shape index (κ3) is 4.92. The molecule has 1 heterocycles. The van der Waals surface area contributed by atoms with Crippen molar-refractivity contribution < 1.29 is 23.5 Å². The molecule has 0 aliphatic heterocycles. The van der Waals surface area contributed by atoms with Gasteiger partial charge in [-0.1, -0.05) is 0 Å². The van der Waals surface area contributed by atoms with E-state index in [9.17, 15) is 13.8 Å². The standard InChI is InChI=1S/C8H13FN3O5P/c9-3-6(17-5-18(14,15)16)4-12-2-1-7(10)11-8(12)13/h1-2,6H,3-5H2,(H2,10,11,13)(H2,14,15,16)/t6-/m0/s1. The first-order valence-electron chi connectivity index (χ1n) is 4.87. The van der Waals surface area contributed by atoms with Gasteiger partial charge in [0.05, 0.1) is 6.54 Å². The van der Waals surface area contributed by atoms with E-state index >= 15 is 0 Å². The van der Waals surface area contributed by atoms with Crippen LogP contribution in [-0.4, -0.2) is 38.5 Å². The van der Waals surface area contributed by atoms with E-state index in [0.29, 0.717) is 0 Å². The first-order chi connectivity index (χ1) is 8.31. The van der Waals surface area contributed by atoms with Crippen molar-refractivity contribution in [1.82, 2.24) is 9.55 Å². The van der Waals surface area contributed by atoms with Gasteiger partial charge in [0.1, 0.15) is 24.9 Å². The Morgan fingerprint density at radius 2 is 2.28 bits per heavy atom. The Balaban J connectivity index is 2.68. The number of nitrogens with two attached hydrogens (primary N) is 1. The first-order valence-corrected chi connectivity index (χ1v) is 6.66. The van der Waals surface area contributed by atoms with Crippen LogP contribution in [0.1, 0.15) is 0 Å². The van der Waals surface area contributed by atoms with Gasteiger partial charge in [0.15, 0.2) is 0 Å². The second kappa shape index (κ2) is 6.05. The number of nitrogen functional groups attached to an aromatic ring is 1. The van der Waals surface area contributed by atoms with Gasteiger partial charge >= 0.3 is 13.3 Å². The van der Waals surface area contributed by atoms with Crippen LogP contribution in [0.2, 0.25) is 0 Å². The van der Waals surface area contributed by atoms with E-state index in [2.05, 4.69) is 9.72 Å². The Bertz CT molecular complexity index is 502. The van der Waals surface area contributed by atoms with Crippen LogP contribution in [0, 0.1) is 0 Å². The molecule has 10 heteroatoms. The smallest absolute Gasteiger partial charge is 0.350 e. The molecule has 4 N–H and O–H groups in total. The Kier molecular flexibility index (Phi) is 4.97. The number of aromatic nitrogens is 2. The van der Waals surface area contributed by atoms with Gasteiger partial charge < -0.3 is 20.3 Å². The van der Waals surface area contributed by atoms with Crippen molar-refractivity contribution in [3.8, 4) is 0 Å². The van der Waals surface area contributed by atoms with E-state index < -0.39 is 32.4 Å². The molecular formula is C8H13FN3O5P. The Morgan fingerprint density at radius 3 is 2.78 bits per heavy atom. The molecule has 0 spiro atoms. The minimum Gasteiger partial charge on any atom is -0.383 e. The van der Waals surface area contributed by atoms with Gasteiger partial charge in [0.25, 0.3) is 0 Å². The Hall–Kier alpha value is -1.28. The maximum Gasteiger partial charge on any atom is 0.350 e.